The summed E-state index contributed by atoms with van der Waals surface area (Å²) in [5.41, 5.74) is 2.32. The van der Waals surface area contributed by atoms with E-state index < -0.39 is 0 Å². The molecule has 1 fully saturated rings. The van der Waals surface area contributed by atoms with Crippen LogP contribution in [0.2, 0.25) is 0 Å². The third kappa shape index (κ3) is 1.44. The Morgan fingerprint density at radius 3 is 2.94 bits per heavy atom. The average Bonchev–Trinajstić information content (AvgIpc) is 3.05. The van der Waals surface area contributed by atoms with Crippen molar-refractivity contribution in [2.45, 2.75) is 18.8 Å². The fourth-order valence-electron chi connectivity index (χ4n) is 2.84. The summed E-state index contributed by atoms with van der Waals surface area (Å²) in [5.74, 6) is 0. The summed E-state index contributed by atoms with van der Waals surface area (Å²) in [7, 11) is 0. The van der Waals surface area contributed by atoms with Crippen LogP contribution in [0.25, 0.3) is 0 Å². The zero-order valence-corrected chi connectivity index (χ0v) is 9.94. The van der Waals surface area contributed by atoms with Crippen molar-refractivity contribution in [3.05, 3.63) is 42.2 Å². The minimum absolute atomic E-state index is 0.222. The van der Waals surface area contributed by atoms with Crippen LogP contribution >= 0.6 is 0 Å². The van der Waals surface area contributed by atoms with Gasteiger partial charge < -0.3 is 9.64 Å². The van der Waals surface area contributed by atoms with Crippen LogP contribution in [-0.4, -0.2) is 34.2 Å². The van der Waals surface area contributed by atoms with E-state index in [-0.39, 0.29) is 12.1 Å². The van der Waals surface area contributed by atoms with Crippen LogP contribution in [-0.2, 0) is 11.3 Å². The van der Waals surface area contributed by atoms with E-state index in [1.54, 1.807) is 6.20 Å². The lowest BCUT2D eigenvalue weighted by Crippen LogP contribution is -2.32. The molecule has 1 aromatic heterocycles. The summed E-state index contributed by atoms with van der Waals surface area (Å²) >= 11 is 0. The van der Waals surface area contributed by atoms with E-state index in [4.69, 9.17) is 4.74 Å². The molecule has 0 bridgehead atoms. The predicted molar refractivity (Wildman–Crippen MR) is 66.3 cm³/mol. The molecule has 0 saturated carbocycles. The van der Waals surface area contributed by atoms with Crippen LogP contribution in [0.5, 0.6) is 0 Å². The highest BCUT2D eigenvalue weighted by Gasteiger charge is 2.39. The molecule has 92 valence electrons. The van der Waals surface area contributed by atoms with Gasteiger partial charge in [0.05, 0.1) is 30.6 Å². The molecular formula is C13H14N4O. The first-order valence-electron chi connectivity index (χ1n) is 6.22. The smallest absolute Gasteiger partial charge is 0.0996 e. The lowest BCUT2D eigenvalue weighted by atomic mass is 10.2. The Kier molecular flexibility index (Phi) is 2.14. The fourth-order valence-corrected chi connectivity index (χ4v) is 2.84. The van der Waals surface area contributed by atoms with E-state index in [0.29, 0.717) is 6.61 Å². The molecule has 5 nitrogen and oxygen atoms in total. The van der Waals surface area contributed by atoms with Crippen molar-refractivity contribution in [3.8, 4) is 0 Å². The van der Waals surface area contributed by atoms with Crippen molar-refractivity contribution < 1.29 is 4.74 Å². The van der Waals surface area contributed by atoms with Gasteiger partial charge in [-0.1, -0.05) is 23.4 Å². The highest BCUT2D eigenvalue weighted by atomic mass is 16.5. The van der Waals surface area contributed by atoms with Gasteiger partial charge in [-0.05, 0) is 12.1 Å². The normalized spacial score (nSPS) is 25.9. The summed E-state index contributed by atoms with van der Waals surface area (Å²) in [5, 5.41) is 8.16. The molecule has 18 heavy (non-hydrogen) atoms. The quantitative estimate of drug-likeness (QED) is 0.754. The SMILES string of the molecule is c1ccc(N2CC3[C@@H](C2)OCc2cnnn23)cc1. The molecule has 2 aliphatic heterocycles. The number of hydrogen-bond donors (Lipinski definition) is 0. The third-order valence-electron chi connectivity index (χ3n) is 3.77. The van der Waals surface area contributed by atoms with E-state index in [0.717, 1.165) is 18.8 Å². The van der Waals surface area contributed by atoms with Crippen LogP contribution in [0.4, 0.5) is 5.69 Å². The highest BCUT2D eigenvalue weighted by Crippen LogP contribution is 2.32. The maximum atomic E-state index is 5.90. The largest absolute Gasteiger partial charge is 0.368 e. The summed E-state index contributed by atoms with van der Waals surface area (Å²) in [6, 6.07) is 10.7. The minimum atomic E-state index is 0.222. The maximum absolute atomic E-state index is 5.90. The van der Waals surface area contributed by atoms with E-state index in [2.05, 4.69) is 39.5 Å². The number of nitrogens with zero attached hydrogens (tertiary/aromatic N) is 4. The minimum Gasteiger partial charge on any atom is -0.368 e. The second kappa shape index (κ2) is 3.81. The second-order valence-corrected chi connectivity index (χ2v) is 4.83. The van der Waals surface area contributed by atoms with Crippen molar-refractivity contribution >= 4 is 5.69 Å². The molecular weight excluding hydrogens is 228 g/mol. The van der Waals surface area contributed by atoms with Gasteiger partial charge in [-0.3, -0.25) is 0 Å². The van der Waals surface area contributed by atoms with Gasteiger partial charge in [0.15, 0.2) is 0 Å². The zero-order chi connectivity index (χ0) is 11.9. The first-order valence-corrected chi connectivity index (χ1v) is 6.22. The van der Waals surface area contributed by atoms with E-state index >= 15 is 0 Å². The van der Waals surface area contributed by atoms with Gasteiger partial charge in [0.2, 0.25) is 0 Å². The van der Waals surface area contributed by atoms with Crippen LogP contribution in [0.15, 0.2) is 36.5 Å². The molecule has 0 radical (unpaired) electrons. The van der Waals surface area contributed by atoms with Gasteiger partial charge in [-0.25, -0.2) is 4.68 Å². The van der Waals surface area contributed by atoms with E-state index in [1.165, 1.54) is 5.69 Å². The monoisotopic (exact) mass is 242 g/mol. The summed E-state index contributed by atoms with van der Waals surface area (Å²) in [6.07, 6.45) is 2.01. The van der Waals surface area contributed by atoms with Gasteiger partial charge in [-0.15, -0.1) is 5.10 Å². The number of para-hydroxylation sites is 1. The van der Waals surface area contributed by atoms with E-state index in [9.17, 15) is 0 Å². The molecule has 2 aliphatic rings. The van der Waals surface area contributed by atoms with Crippen molar-refractivity contribution in [2.24, 2.45) is 0 Å². The predicted octanol–water partition coefficient (Wildman–Crippen LogP) is 1.24. The number of rotatable bonds is 1. The Hall–Kier alpha value is -1.88. The first-order chi connectivity index (χ1) is 8.92. The molecule has 0 spiro atoms. The third-order valence-corrected chi connectivity index (χ3v) is 3.77. The van der Waals surface area contributed by atoms with E-state index in [1.807, 2.05) is 10.7 Å². The lowest BCUT2D eigenvalue weighted by molar-refractivity contribution is -0.00253. The van der Waals surface area contributed by atoms with Crippen LogP contribution in [0.1, 0.15) is 11.7 Å². The number of anilines is 1. The highest BCUT2D eigenvalue weighted by molar-refractivity contribution is 5.47. The Balaban J connectivity index is 1.64. The standard InChI is InChI=1S/C13H14N4O/c1-2-4-10(5-3-1)16-7-12-13(8-16)18-9-11-6-14-15-17(11)12/h1-6,12-13H,7-9H2/t12?,13-/m1/s1. The number of aromatic nitrogens is 3. The topological polar surface area (TPSA) is 43.2 Å². The zero-order valence-electron chi connectivity index (χ0n) is 9.94. The van der Waals surface area contributed by atoms with Crippen LogP contribution in [0.3, 0.4) is 0 Å². The van der Waals surface area contributed by atoms with Gasteiger partial charge in [0.1, 0.15) is 0 Å². The number of benzene rings is 1. The molecule has 1 saturated heterocycles. The molecule has 3 heterocycles. The number of fused-ring (bicyclic) bond motifs is 3. The fraction of sp³-hybridized carbons (Fsp3) is 0.385. The molecule has 0 aliphatic carbocycles. The molecule has 2 aromatic rings. The summed E-state index contributed by atoms with van der Waals surface area (Å²) < 4.78 is 7.92. The number of hydrogen-bond acceptors (Lipinski definition) is 4. The molecule has 5 heteroatoms. The molecule has 1 aromatic carbocycles. The first kappa shape index (κ1) is 10.1. The summed E-state index contributed by atoms with van der Waals surface area (Å²) in [6.45, 7) is 2.48. The van der Waals surface area contributed by atoms with Gasteiger partial charge in [0.25, 0.3) is 0 Å². The van der Waals surface area contributed by atoms with Crippen LogP contribution < -0.4 is 4.90 Å². The molecule has 0 amide bonds. The van der Waals surface area contributed by atoms with Crippen molar-refractivity contribution in [2.75, 3.05) is 18.0 Å². The molecule has 0 N–H and O–H groups in total. The van der Waals surface area contributed by atoms with Crippen molar-refractivity contribution in [1.82, 2.24) is 15.0 Å². The maximum Gasteiger partial charge on any atom is 0.0996 e. The second-order valence-electron chi connectivity index (χ2n) is 4.83. The lowest BCUT2D eigenvalue weighted by Gasteiger charge is -2.25. The average molecular weight is 242 g/mol. The van der Waals surface area contributed by atoms with Crippen LogP contribution in [0, 0.1) is 0 Å². The Morgan fingerprint density at radius 2 is 2.06 bits per heavy atom. The Labute approximate surface area is 105 Å². The summed E-state index contributed by atoms with van der Waals surface area (Å²) in [4.78, 5) is 2.35. The molecule has 1 unspecified atom stereocenters. The van der Waals surface area contributed by atoms with Gasteiger partial charge in [0, 0.05) is 18.8 Å². The Morgan fingerprint density at radius 1 is 1.17 bits per heavy atom. The van der Waals surface area contributed by atoms with Crippen molar-refractivity contribution in [3.63, 3.8) is 0 Å². The number of ether oxygens (including phenoxy) is 1. The van der Waals surface area contributed by atoms with Gasteiger partial charge in [-0.2, -0.15) is 0 Å². The van der Waals surface area contributed by atoms with Crippen molar-refractivity contribution in [1.29, 1.82) is 0 Å². The van der Waals surface area contributed by atoms with Gasteiger partial charge >= 0.3 is 0 Å². The molecule has 2 atom stereocenters. The Bertz CT molecular complexity index is 553. The molecule has 4 rings (SSSR count).